The highest BCUT2D eigenvalue weighted by molar-refractivity contribution is 8.14. The molecule has 9 heteroatoms. The molecule has 0 unspecified atom stereocenters. The van der Waals surface area contributed by atoms with E-state index in [0.717, 1.165) is 44.5 Å². The third-order valence-electron chi connectivity index (χ3n) is 5.12. The number of aromatic nitrogens is 2. The summed E-state index contributed by atoms with van der Waals surface area (Å²) in [4.78, 5) is 20.0. The zero-order valence-corrected chi connectivity index (χ0v) is 18.5. The Morgan fingerprint density at radius 3 is 2.47 bits per heavy atom. The number of piperazine rings is 1. The molecule has 4 rings (SSSR count). The van der Waals surface area contributed by atoms with Gasteiger partial charge in [0.1, 0.15) is 0 Å². The normalized spacial score (nSPS) is 15.1. The van der Waals surface area contributed by atoms with Crippen LogP contribution in [0.2, 0.25) is 0 Å². The van der Waals surface area contributed by atoms with Crippen molar-refractivity contribution < 1.29 is 19.2 Å². The van der Waals surface area contributed by atoms with E-state index >= 15 is 0 Å². The van der Waals surface area contributed by atoms with Gasteiger partial charge in [-0.2, -0.15) is 5.01 Å². The van der Waals surface area contributed by atoms with Gasteiger partial charge in [-0.3, -0.25) is 14.2 Å². The van der Waals surface area contributed by atoms with Crippen LogP contribution in [0.15, 0.2) is 76.4 Å². The number of nitrogens with zero attached hydrogens (tertiary/aromatic N) is 5. The van der Waals surface area contributed by atoms with Gasteiger partial charge in [0.25, 0.3) is 6.20 Å². The number of hydrogen-bond acceptors (Lipinski definition) is 8. The number of carbonyl (C=O) groups excluding carboxylic acids is 1. The number of hydrogen-bond donors (Lipinski definition) is 0. The maximum absolute atomic E-state index is 12.1. The van der Waals surface area contributed by atoms with Crippen LogP contribution in [0.4, 0.5) is 5.88 Å². The maximum Gasteiger partial charge on any atom is 0.324 e. The Hall–Kier alpha value is -3.17. The molecule has 0 radical (unpaired) electrons. The fourth-order valence-electron chi connectivity index (χ4n) is 3.42. The highest BCUT2D eigenvalue weighted by atomic mass is 32.2. The Bertz CT molecular complexity index is 1030. The summed E-state index contributed by atoms with van der Waals surface area (Å²) < 4.78 is 5.20. The van der Waals surface area contributed by atoms with Crippen LogP contribution in [0, 0.1) is 0 Å². The molecule has 0 amide bonds. The average Bonchev–Trinajstić information content (AvgIpc) is 3.29. The van der Waals surface area contributed by atoms with E-state index in [1.54, 1.807) is 23.1 Å². The van der Waals surface area contributed by atoms with E-state index in [-0.39, 0.29) is 23.3 Å². The molecule has 0 saturated carbocycles. The average molecular weight is 452 g/mol. The molecule has 32 heavy (non-hydrogen) atoms. The topological polar surface area (TPSA) is 88.9 Å². The predicted molar refractivity (Wildman–Crippen MR) is 121 cm³/mol. The molecule has 3 aromatic rings. The van der Waals surface area contributed by atoms with Crippen LogP contribution < -0.4 is 14.9 Å². The van der Waals surface area contributed by atoms with Gasteiger partial charge in [0.05, 0.1) is 17.9 Å². The van der Waals surface area contributed by atoms with Crippen molar-refractivity contribution >= 4 is 28.7 Å². The van der Waals surface area contributed by atoms with Gasteiger partial charge < -0.3 is 5.11 Å². The minimum absolute atomic E-state index is 0.0534. The molecular formula is C23H25N5O3S. The highest BCUT2D eigenvalue weighted by Gasteiger charge is 2.25. The van der Waals surface area contributed by atoms with E-state index in [1.807, 2.05) is 24.3 Å². The molecule has 2 aromatic carbocycles. The van der Waals surface area contributed by atoms with E-state index in [2.05, 4.69) is 44.4 Å². The second-order valence-electron chi connectivity index (χ2n) is 7.43. The van der Waals surface area contributed by atoms with Crippen molar-refractivity contribution in [1.29, 1.82) is 0 Å². The number of rotatable bonds is 8. The zero-order chi connectivity index (χ0) is 22.2. The molecular weight excluding hydrogens is 426 g/mol. The zero-order valence-electron chi connectivity index (χ0n) is 17.7. The number of benzene rings is 2. The molecule has 166 valence electrons. The Kier molecular flexibility index (Phi) is 7.52. The van der Waals surface area contributed by atoms with Crippen LogP contribution in [0.3, 0.4) is 0 Å². The van der Waals surface area contributed by atoms with Crippen LogP contribution in [0.25, 0.3) is 0 Å². The lowest BCUT2D eigenvalue weighted by Gasteiger charge is -2.29. The largest absolute Gasteiger partial charge is 0.862 e. The minimum Gasteiger partial charge on any atom is -0.862 e. The Labute approximate surface area is 191 Å². The van der Waals surface area contributed by atoms with E-state index in [0.29, 0.717) is 11.3 Å². The molecule has 1 fully saturated rings. The second kappa shape index (κ2) is 10.9. The van der Waals surface area contributed by atoms with Gasteiger partial charge in [-0.1, -0.05) is 72.4 Å². The molecule has 1 aromatic heterocycles. The molecule has 8 nitrogen and oxygen atoms in total. The number of carbonyl (C=O) groups is 1. The summed E-state index contributed by atoms with van der Waals surface area (Å²) in [5.41, 5.74) is 1.93. The van der Waals surface area contributed by atoms with E-state index in [1.165, 1.54) is 5.56 Å². The lowest BCUT2D eigenvalue weighted by Crippen LogP contribution is -2.65. The highest BCUT2D eigenvalue weighted by Crippen LogP contribution is 2.14. The monoisotopic (exact) mass is 451 g/mol. The summed E-state index contributed by atoms with van der Waals surface area (Å²) in [5, 5.41) is 18.1. The predicted octanol–water partition coefficient (Wildman–Crippen LogP) is 1.77. The lowest BCUT2D eigenvalue weighted by atomic mass is 10.2. The molecule has 0 bridgehead atoms. The summed E-state index contributed by atoms with van der Waals surface area (Å²) in [6.07, 6.45) is 1.77. The maximum atomic E-state index is 12.1. The fourth-order valence-corrected chi connectivity index (χ4v) is 4.19. The number of thioether (sulfide) groups is 1. The molecule has 2 heterocycles. The van der Waals surface area contributed by atoms with Crippen molar-refractivity contribution in [3.05, 3.63) is 78.0 Å². The van der Waals surface area contributed by atoms with Crippen molar-refractivity contribution in [3.63, 3.8) is 0 Å². The third-order valence-corrected chi connectivity index (χ3v) is 6.03. The first kappa shape index (κ1) is 22.0. The first-order valence-corrected chi connectivity index (χ1v) is 11.5. The molecule has 1 saturated heterocycles. The van der Waals surface area contributed by atoms with E-state index < -0.39 is 0 Å². The Balaban J connectivity index is 1.23. The van der Waals surface area contributed by atoms with Gasteiger partial charge in [0.15, 0.2) is 0 Å². The summed E-state index contributed by atoms with van der Waals surface area (Å²) in [6.45, 7) is 4.35. The quantitative estimate of drug-likeness (QED) is 0.293. The Morgan fingerprint density at radius 1 is 1.06 bits per heavy atom. The van der Waals surface area contributed by atoms with Crippen LogP contribution >= 0.6 is 11.8 Å². The van der Waals surface area contributed by atoms with Crippen molar-refractivity contribution in [2.24, 2.45) is 4.99 Å². The Morgan fingerprint density at radius 2 is 1.75 bits per heavy atom. The van der Waals surface area contributed by atoms with Crippen molar-refractivity contribution in [3.8, 4) is 0 Å². The van der Waals surface area contributed by atoms with Crippen LogP contribution in [0.1, 0.15) is 22.3 Å². The first-order chi connectivity index (χ1) is 15.7. The second-order valence-corrected chi connectivity index (χ2v) is 8.50. The van der Waals surface area contributed by atoms with Crippen molar-refractivity contribution in [2.45, 2.75) is 13.0 Å². The van der Waals surface area contributed by atoms with E-state index in [4.69, 9.17) is 4.52 Å². The molecule has 0 spiro atoms. The third kappa shape index (κ3) is 6.18. The summed E-state index contributed by atoms with van der Waals surface area (Å²) >= 11 is 1.11. The molecule has 1 aliphatic rings. The van der Waals surface area contributed by atoms with Gasteiger partial charge >= 0.3 is 5.88 Å². The fraction of sp³-hybridized carbons (Fsp3) is 0.304. The molecule has 0 N–H and O–H groups in total. The van der Waals surface area contributed by atoms with Gasteiger partial charge in [0.2, 0.25) is 10.4 Å². The van der Waals surface area contributed by atoms with E-state index in [9.17, 15) is 9.90 Å². The van der Waals surface area contributed by atoms with Crippen LogP contribution in [-0.2, 0) is 6.54 Å². The summed E-state index contributed by atoms with van der Waals surface area (Å²) in [5.74, 6) is 0.198. The first-order valence-electron chi connectivity index (χ1n) is 10.5. The molecule has 0 atom stereocenters. The van der Waals surface area contributed by atoms with Gasteiger partial charge in [-0.05, 0) is 17.9 Å². The minimum atomic E-state index is -0.339. The number of aliphatic imine (C=N–C) groups is 1. The summed E-state index contributed by atoms with van der Waals surface area (Å²) in [6, 6.07) is 19.4. The molecule has 1 aliphatic heterocycles. The lowest BCUT2D eigenvalue weighted by molar-refractivity contribution is -0.759. The van der Waals surface area contributed by atoms with Crippen LogP contribution in [0.5, 0.6) is 0 Å². The van der Waals surface area contributed by atoms with Gasteiger partial charge in [-0.25, -0.2) is 4.99 Å². The van der Waals surface area contributed by atoms with Crippen LogP contribution in [-0.4, -0.2) is 53.1 Å². The summed E-state index contributed by atoms with van der Waals surface area (Å²) in [7, 11) is 0. The SMILES string of the molecule is O=C(SCCC([O-])=Nc1c[n+](N2CCN(Cc3ccccc3)CC2)no1)c1ccccc1. The van der Waals surface area contributed by atoms with Gasteiger partial charge in [0, 0.05) is 31.0 Å². The van der Waals surface area contributed by atoms with Gasteiger partial charge in [-0.15, -0.1) is 0 Å². The smallest absolute Gasteiger partial charge is 0.324 e. The standard InChI is InChI=1S/C23H25N5O3S/c29-21(11-16-32-23(30)20-9-5-2-6-10-20)24-22-18-28(25-31-22)27-14-12-26(13-15-27)17-19-7-3-1-4-8-19/h1-10,18H,11-17H2. The van der Waals surface area contributed by atoms with Crippen molar-refractivity contribution in [2.75, 3.05) is 36.9 Å². The molecule has 0 aliphatic carbocycles. The van der Waals surface area contributed by atoms with Crippen molar-refractivity contribution in [1.82, 2.24) is 10.2 Å².